The zero-order valence-corrected chi connectivity index (χ0v) is 11.7. The molecule has 1 aliphatic rings. The van der Waals surface area contributed by atoms with E-state index in [1.165, 1.54) is 0 Å². The Balaban J connectivity index is 2.10. The van der Waals surface area contributed by atoms with Gasteiger partial charge in [0.2, 0.25) is 11.8 Å². The minimum Gasteiger partial charge on any atom is -0.349 e. The molecule has 0 radical (unpaired) electrons. The first-order valence-electron chi connectivity index (χ1n) is 6.66. The number of hydrogen-bond acceptors (Lipinski definition) is 3. The number of nitrogens with zero attached hydrogens (tertiary/aromatic N) is 2. The molecular weight excluding hydrogens is 254 g/mol. The largest absolute Gasteiger partial charge is 0.349 e. The lowest BCUT2D eigenvalue weighted by atomic mass is 9.81. The summed E-state index contributed by atoms with van der Waals surface area (Å²) in [5.41, 5.74) is 0.656. The number of allylic oxidation sites excluding steroid dienone is 2. The van der Waals surface area contributed by atoms with Crippen LogP contribution in [0.15, 0.2) is 36.7 Å². The van der Waals surface area contributed by atoms with Crippen molar-refractivity contribution in [3.63, 3.8) is 0 Å². The van der Waals surface area contributed by atoms with Crippen LogP contribution in [0.3, 0.4) is 0 Å². The van der Waals surface area contributed by atoms with Crippen LogP contribution in [0, 0.1) is 11.8 Å². The van der Waals surface area contributed by atoms with Crippen molar-refractivity contribution in [2.45, 2.75) is 12.8 Å². The zero-order valence-electron chi connectivity index (χ0n) is 11.7. The molecule has 1 aliphatic carbocycles. The summed E-state index contributed by atoms with van der Waals surface area (Å²) >= 11 is 0. The van der Waals surface area contributed by atoms with Gasteiger partial charge in [-0.2, -0.15) is 0 Å². The third-order valence-electron chi connectivity index (χ3n) is 3.46. The Morgan fingerprint density at radius 1 is 1.25 bits per heavy atom. The van der Waals surface area contributed by atoms with Gasteiger partial charge in [0, 0.05) is 20.3 Å². The number of anilines is 1. The van der Waals surface area contributed by atoms with Gasteiger partial charge in [-0.25, -0.2) is 0 Å². The van der Waals surface area contributed by atoms with Crippen LogP contribution in [-0.4, -0.2) is 35.8 Å². The molecule has 0 fully saturated rings. The number of aromatic nitrogens is 1. The van der Waals surface area contributed by atoms with Crippen molar-refractivity contribution in [1.29, 1.82) is 0 Å². The lowest BCUT2D eigenvalue weighted by molar-refractivity contribution is -0.138. The molecule has 20 heavy (non-hydrogen) atoms. The Kier molecular flexibility index (Phi) is 4.50. The molecule has 106 valence electrons. The summed E-state index contributed by atoms with van der Waals surface area (Å²) in [6.07, 6.45) is 8.39. The van der Waals surface area contributed by atoms with Crippen LogP contribution in [0.5, 0.6) is 0 Å². The third-order valence-corrected chi connectivity index (χ3v) is 3.46. The quantitative estimate of drug-likeness (QED) is 0.852. The summed E-state index contributed by atoms with van der Waals surface area (Å²) in [5, 5.41) is 2.83. The predicted molar refractivity (Wildman–Crippen MR) is 76.9 cm³/mol. The molecule has 0 aromatic carbocycles. The summed E-state index contributed by atoms with van der Waals surface area (Å²) in [6, 6.07) is 3.55. The van der Waals surface area contributed by atoms with Crippen molar-refractivity contribution in [1.82, 2.24) is 9.88 Å². The molecule has 5 heteroatoms. The van der Waals surface area contributed by atoms with Gasteiger partial charge >= 0.3 is 0 Å². The van der Waals surface area contributed by atoms with Crippen molar-refractivity contribution in [2.24, 2.45) is 11.8 Å². The van der Waals surface area contributed by atoms with Crippen LogP contribution in [0.25, 0.3) is 0 Å². The summed E-state index contributed by atoms with van der Waals surface area (Å²) in [7, 11) is 3.44. The van der Waals surface area contributed by atoms with Gasteiger partial charge in [-0.15, -0.1) is 0 Å². The number of pyridine rings is 1. The average Bonchev–Trinajstić information content (AvgIpc) is 2.47. The second-order valence-corrected chi connectivity index (χ2v) is 5.12. The van der Waals surface area contributed by atoms with E-state index in [0.717, 1.165) is 0 Å². The summed E-state index contributed by atoms with van der Waals surface area (Å²) in [5.74, 6) is -0.731. The van der Waals surface area contributed by atoms with E-state index >= 15 is 0 Å². The van der Waals surface area contributed by atoms with Crippen LogP contribution < -0.4 is 5.32 Å². The van der Waals surface area contributed by atoms with Gasteiger partial charge in [0.1, 0.15) is 0 Å². The highest BCUT2D eigenvalue weighted by atomic mass is 16.2. The number of rotatable bonds is 3. The van der Waals surface area contributed by atoms with Crippen molar-refractivity contribution in [3.8, 4) is 0 Å². The van der Waals surface area contributed by atoms with Gasteiger partial charge in [0.25, 0.3) is 0 Å². The minimum absolute atomic E-state index is 0.000636. The summed E-state index contributed by atoms with van der Waals surface area (Å²) in [4.78, 5) is 30.0. The normalized spacial score (nSPS) is 21.3. The number of hydrogen-bond donors (Lipinski definition) is 1. The van der Waals surface area contributed by atoms with Crippen LogP contribution in [0.4, 0.5) is 5.69 Å². The molecule has 0 aliphatic heterocycles. The van der Waals surface area contributed by atoms with E-state index in [1.807, 2.05) is 12.2 Å². The highest BCUT2D eigenvalue weighted by Gasteiger charge is 2.34. The van der Waals surface area contributed by atoms with Crippen LogP contribution >= 0.6 is 0 Å². The van der Waals surface area contributed by atoms with Gasteiger partial charge in [-0.1, -0.05) is 12.2 Å². The lowest BCUT2D eigenvalue weighted by Crippen LogP contribution is -2.40. The minimum atomic E-state index is -0.324. The van der Waals surface area contributed by atoms with Gasteiger partial charge < -0.3 is 10.2 Å². The van der Waals surface area contributed by atoms with E-state index in [-0.39, 0.29) is 23.7 Å². The molecule has 1 N–H and O–H groups in total. The average molecular weight is 273 g/mol. The van der Waals surface area contributed by atoms with E-state index in [2.05, 4.69) is 10.3 Å². The SMILES string of the molecule is CN(C)C(=O)C1CC=CCC1C(=O)Nc1cccnc1. The van der Waals surface area contributed by atoms with Gasteiger partial charge in [0.05, 0.1) is 23.7 Å². The van der Waals surface area contributed by atoms with E-state index < -0.39 is 0 Å². The van der Waals surface area contributed by atoms with Crippen molar-refractivity contribution in [3.05, 3.63) is 36.7 Å². The Labute approximate surface area is 118 Å². The number of nitrogens with one attached hydrogen (secondary N) is 1. The number of amides is 2. The molecule has 0 saturated carbocycles. The smallest absolute Gasteiger partial charge is 0.228 e. The molecule has 1 heterocycles. The Bertz CT molecular complexity index is 511. The highest BCUT2D eigenvalue weighted by molar-refractivity contribution is 5.96. The predicted octanol–water partition coefficient (Wildman–Crippen LogP) is 1.69. The first-order valence-corrected chi connectivity index (χ1v) is 6.66. The molecule has 1 aromatic heterocycles. The van der Waals surface area contributed by atoms with Crippen LogP contribution in [0.2, 0.25) is 0 Å². The van der Waals surface area contributed by atoms with E-state index in [9.17, 15) is 9.59 Å². The van der Waals surface area contributed by atoms with Crippen LogP contribution in [-0.2, 0) is 9.59 Å². The Morgan fingerprint density at radius 2 is 1.95 bits per heavy atom. The monoisotopic (exact) mass is 273 g/mol. The van der Waals surface area contributed by atoms with Crippen LogP contribution in [0.1, 0.15) is 12.8 Å². The molecule has 1 aromatic rings. The van der Waals surface area contributed by atoms with Crippen molar-refractivity contribution < 1.29 is 9.59 Å². The second kappa shape index (κ2) is 6.32. The van der Waals surface area contributed by atoms with E-state index in [0.29, 0.717) is 18.5 Å². The molecular formula is C15H19N3O2. The third kappa shape index (κ3) is 3.23. The summed E-state index contributed by atoms with van der Waals surface area (Å²) in [6.45, 7) is 0. The maximum absolute atomic E-state index is 12.4. The Morgan fingerprint density at radius 3 is 2.55 bits per heavy atom. The fraction of sp³-hybridized carbons (Fsp3) is 0.400. The maximum atomic E-state index is 12.4. The standard InChI is InChI=1S/C15H19N3O2/c1-18(2)15(20)13-8-4-3-7-12(13)14(19)17-11-6-5-9-16-10-11/h3-6,9-10,12-13H,7-8H2,1-2H3,(H,17,19). The highest BCUT2D eigenvalue weighted by Crippen LogP contribution is 2.28. The van der Waals surface area contributed by atoms with Gasteiger partial charge in [0.15, 0.2) is 0 Å². The van der Waals surface area contributed by atoms with Crippen molar-refractivity contribution in [2.75, 3.05) is 19.4 Å². The van der Waals surface area contributed by atoms with Gasteiger partial charge in [-0.05, 0) is 25.0 Å². The molecule has 2 unspecified atom stereocenters. The van der Waals surface area contributed by atoms with Crippen molar-refractivity contribution >= 4 is 17.5 Å². The zero-order chi connectivity index (χ0) is 14.5. The maximum Gasteiger partial charge on any atom is 0.228 e. The topological polar surface area (TPSA) is 62.3 Å². The molecule has 2 amide bonds. The number of carbonyl (C=O) groups excluding carboxylic acids is 2. The second-order valence-electron chi connectivity index (χ2n) is 5.12. The first-order chi connectivity index (χ1) is 9.59. The van der Waals surface area contributed by atoms with E-state index in [1.54, 1.807) is 43.5 Å². The molecule has 2 rings (SSSR count). The summed E-state index contributed by atoms with van der Waals surface area (Å²) < 4.78 is 0. The number of carbonyl (C=O) groups is 2. The Hall–Kier alpha value is -2.17. The lowest BCUT2D eigenvalue weighted by Gasteiger charge is -2.28. The first kappa shape index (κ1) is 14.2. The fourth-order valence-corrected chi connectivity index (χ4v) is 2.38. The molecule has 2 atom stereocenters. The fourth-order valence-electron chi connectivity index (χ4n) is 2.38. The van der Waals surface area contributed by atoms with Gasteiger partial charge in [-0.3, -0.25) is 14.6 Å². The molecule has 0 bridgehead atoms. The van der Waals surface area contributed by atoms with E-state index in [4.69, 9.17) is 0 Å². The molecule has 5 nitrogen and oxygen atoms in total. The molecule has 0 saturated heterocycles. The molecule has 0 spiro atoms.